The monoisotopic (exact) mass is 289 g/mol. The third kappa shape index (κ3) is 4.84. The molecule has 2 atom stereocenters. The van der Waals surface area contributed by atoms with E-state index in [1.54, 1.807) is 13.1 Å². The van der Waals surface area contributed by atoms with Crippen LogP contribution in [0.1, 0.15) is 31.2 Å². The van der Waals surface area contributed by atoms with E-state index < -0.39 is 6.10 Å². The molecule has 3 N–H and O–H groups in total. The summed E-state index contributed by atoms with van der Waals surface area (Å²) in [6.45, 7) is 4.60. The number of aliphatic hydroxyl groups excluding tert-OH is 1. The van der Waals surface area contributed by atoms with E-state index in [0.29, 0.717) is 22.9 Å². The molecule has 0 aromatic carbocycles. The fourth-order valence-electron chi connectivity index (χ4n) is 1.33. The van der Waals surface area contributed by atoms with E-state index in [9.17, 15) is 5.11 Å². The Balaban J connectivity index is 2.43. The number of thiophene rings is 1. The lowest BCUT2D eigenvalue weighted by molar-refractivity contribution is 0.184. The summed E-state index contributed by atoms with van der Waals surface area (Å²) in [6, 6.07) is 3.98. The SMILES string of the molecule is CCC(C)NC(=NC)NCC(O)c1ccc(Cl)s1. The average Bonchev–Trinajstić information content (AvgIpc) is 2.80. The molecule has 0 bridgehead atoms. The van der Waals surface area contributed by atoms with Crippen LogP contribution in [0.3, 0.4) is 0 Å². The fourth-order valence-corrected chi connectivity index (χ4v) is 2.38. The normalized spacial score (nSPS) is 15.3. The van der Waals surface area contributed by atoms with Gasteiger partial charge in [0.25, 0.3) is 0 Å². The Morgan fingerprint density at radius 1 is 1.56 bits per heavy atom. The molecule has 0 radical (unpaired) electrons. The minimum absolute atomic E-state index is 0.351. The molecule has 1 heterocycles. The third-order valence-electron chi connectivity index (χ3n) is 2.60. The molecule has 6 heteroatoms. The Morgan fingerprint density at radius 2 is 2.28 bits per heavy atom. The zero-order valence-electron chi connectivity index (χ0n) is 10.9. The second kappa shape index (κ2) is 7.61. The van der Waals surface area contributed by atoms with E-state index in [2.05, 4.69) is 29.5 Å². The lowest BCUT2D eigenvalue weighted by Crippen LogP contribution is -2.43. The van der Waals surface area contributed by atoms with Crippen molar-refractivity contribution in [3.8, 4) is 0 Å². The molecule has 1 rings (SSSR count). The predicted molar refractivity (Wildman–Crippen MR) is 78.5 cm³/mol. The molecule has 2 unspecified atom stereocenters. The molecular weight excluding hydrogens is 270 g/mol. The van der Waals surface area contributed by atoms with E-state index in [1.807, 2.05) is 6.07 Å². The van der Waals surface area contributed by atoms with Crippen LogP contribution in [0.2, 0.25) is 4.34 Å². The Morgan fingerprint density at radius 3 is 2.78 bits per heavy atom. The molecule has 0 spiro atoms. The number of hydrogen-bond donors (Lipinski definition) is 3. The largest absolute Gasteiger partial charge is 0.386 e. The fraction of sp³-hybridized carbons (Fsp3) is 0.583. The summed E-state index contributed by atoms with van der Waals surface area (Å²) in [6.07, 6.45) is 0.446. The number of guanidine groups is 1. The Hall–Kier alpha value is -0.780. The molecule has 0 amide bonds. The highest BCUT2D eigenvalue weighted by atomic mass is 35.5. The van der Waals surface area contributed by atoms with Gasteiger partial charge < -0.3 is 15.7 Å². The highest BCUT2D eigenvalue weighted by Gasteiger charge is 2.11. The highest BCUT2D eigenvalue weighted by Crippen LogP contribution is 2.26. The van der Waals surface area contributed by atoms with Gasteiger partial charge in [0.2, 0.25) is 0 Å². The van der Waals surface area contributed by atoms with Gasteiger partial charge in [-0.2, -0.15) is 0 Å². The Bertz CT molecular complexity index is 394. The smallest absolute Gasteiger partial charge is 0.191 e. The standard InChI is InChI=1S/C12H20ClN3OS/c1-4-8(2)16-12(14-3)15-7-9(17)10-5-6-11(13)18-10/h5-6,8-9,17H,4,7H2,1-3H3,(H2,14,15,16). The van der Waals surface area contributed by atoms with Gasteiger partial charge in [-0.3, -0.25) is 4.99 Å². The van der Waals surface area contributed by atoms with Gasteiger partial charge in [-0.1, -0.05) is 18.5 Å². The van der Waals surface area contributed by atoms with Crippen LogP contribution in [0.4, 0.5) is 0 Å². The molecule has 1 aromatic rings. The van der Waals surface area contributed by atoms with E-state index >= 15 is 0 Å². The van der Waals surface area contributed by atoms with Crippen LogP contribution in [0.15, 0.2) is 17.1 Å². The van der Waals surface area contributed by atoms with E-state index in [1.165, 1.54) is 11.3 Å². The maximum absolute atomic E-state index is 9.98. The number of nitrogens with one attached hydrogen (secondary N) is 2. The Kier molecular flexibility index (Phi) is 6.46. The molecular formula is C12H20ClN3OS. The quantitative estimate of drug-likeness (QED) is 0.576. The van der Waals surface area contributed by atoms with Crippen LogP contribution >= 0.6 is 22.9 Å². The zero-order chi connectivity index (χ0) is 13.5. The predicted octanol–water partition coefficient (Wildman–Crippen LogP) is 2.40. The summed E-state index contributed by atoms with van der Waals surface area (Å²) in [5.41, 5.74) is 0. The minimum Gasteiger partial charge on any atom is -0.386 e. The van der Waals surface area contributed by atoms with Gasteiger partial charge >= 0.3 is 0 Å². The summed E-state index contributed by atoms with van der Waals surface area (Å²) in [4.78, 5) is 4.96. The second-order valence-corrected chi connectivity index (χ2v) is 5.81. The molecule has 4 nitrogen and oxygen atoms in total. The average molecular weight is 290 g/mol. The van der Waals surface area contributed by atoms with Crippen molar-refractivity contribution in [2.24, 2.45) is 4.99 Å². The van der Waals surface area contributed by atoms with Gasteiger partial charge in [0, 0.05) is 24.5 Å². The van der Waals surface area contributed by atoms with E-state index in [0.717, 1.165) is 11.3 Å². The van der Waals surface area contributed by atoms with Crippen LogP contribution in [-0.2, 0) is 0 Å². The van der Waals surface area contributed by atoms with Crippen LogP contribution in [-0.4, -0.2) is 30.7 Å². The maximum Gasteiger partial charge on any atom is 0.191 e. The minimum atomic E-state index is -0.571. The van der Waals surface area contributed by atoms with E-state index in [4.69, 9.17) is 11.6 Å². The molecule has 0 aliphatic rings. The van der Waals surface area contributed by atoms with Crippen molar-refractivity contribution in [3.63, 3.8) is 0 Å². The summed E-state index contributed by atoms with van der Waals surface area (Å²) in [7, 11) is 1.71. The van der Waals surface area contributed by atoms with Gasteiger partial charge in [0.1, 0.15) is 6.10 Å². The van der Waals surface area contributed by atoms with Crippen molar-refractivity contribution >= 4 is 28.9 Å². The molecule has 0 saturated carbocycles. The Labute approximate surface area is 117 Å². The lowest BCUT2D eigenvalue weighted by atomic mass is 10.2. The van der Waals surface area contributed by atoms with Gasteiger partial charge in [-0.15, -0.1) is 11.3 Å². The van der Waals surface area contributed by atoms with Crippen molar-refractivity contribution < 1.29 is 5.11 Å². The first-order valence-electron chi connectivity index (χ1n) is 5.97. The lowest BCUT2D eigenvalue weighted by Gasteiger charge is -2.18. The number of halogens is 1. The highest BCUT2D eigenvalue weighted by molar-refractivity contribution is 7.16. The number of nitrogens with zero attached hydrogens (tertiary/aromatic N) is 1. The first-order valence-corrected chi connectivity index (χ1v) is 7.16. The first-order chi connectivity index (χ1) is 8.56. The summed E-state index contributed by atoms with van der Waals surface area (Å²) in [5, 5.41) is 16.3. The van der Waals surface area contributed by atoms with Gasteiger partial charge in [-0.25, -0.2) is 0 Å². The van der Waals surface area contributed by atoms with Crippen LogP contribution in [0.5, 0.6) is 0 Å². The summed E-state index contributed by atoms with van der Waals surface area (Å²) in [5.74, 6) is 0.700. The molecule has 0 aliphatic carbocycles. The van der Waals surface area contributed by atoms with Crippen molar-refractivity contribution in [1.82, 2.24) is 10.6 Å². The summed E-state index contributed by atoms with van der Waals surface area (Å²) >= 11 is 7.22. The van der Waals surface area contributed by atoms with Crippen LogP contribution < -0.4 is 10.6 Å². The third-order valence-corrected chi connectivity index (χ3v) is 3.94. The molecule has 0 fully saturated rings. The molecule has 0 aliphatic heterocycles. The van der Waals surface area contributed by atoms with Gasteiger partial charge in [0.15, 0.2) is 5.96 Å². The number of aliphatic hydroxyl groups is 1. The second-order valence-electron chi connectivity index (χ2n) is 4.06. The van der Waals surface area contributed by atoms with Gasteiger partial charge in [0.05, 0.1) is 4.34 Å². The summed E-state index contributed by atoms with van der Waals surface area (Å²) < 4.78 is 0.686. The van der Waals surface area contributed by atoms with Crippen molar-refractivity contribution in [2.75, 3.05) is 13.6 Å². The van der Waals surface area contributed by atoms with Crippen LogP contribution in [0, 0.1) is 0 Å². The molecule has 0 saturated heterocycles. The molecule has 102 valence electrons. The number of rotatable bonds is 5. The van der Waals surface area contributed by atoms with Crippen molar-refractivity contribution in [3.05, 3.63) is 21.3 Å². The molecule has 1 aromatic heterocycles. The number of hydrogen-bond acceptors (Lipinski definition) is 3. The number of aliphatic imine (C=N–C) groups is 1. The van der Waals surface area contributed by atoms with Crippen molar-refractivity contribution in [2.45, 2.75) is 32.4 Å². The maximum atomic E-state index is 9.98. The first kappa shape index (κ1) is 15.3. The van der Waals surface area contributed by atoms with Gasteiger partial charge in [-0.05, 0) is 25.5 Å². The van der Waals surface area contributed by atoms with E-state index in [-0.39, 0.29) is 0 Å². The zero-order valence-corrected chi connectivity index (χ0v) is 12.5. The topological polar surface area (TPSA) is 56.7 Å². The van der Waals surface area contributed by atoms with Crippen molar-refractivity contribution in [1.29, 1.82) is 0 Å². The van der Waals surface area contributed by atoms with Crippen LogP contribution in [0.25, 0.3) is 0 Å². The molecule has 18 heavy (non-hydrogen) atoms.